The van der Waals surface area contributed by atoms with Gasteiger partial charge in [-0.15, -0.1) is 11.3 Å². The fourth-order valence-electron chi connectivity index (χ4n) is 2.61. The van der Waals surface area contributed by atoms with Crippen LogP contribution in [0, 0.1) is 0 Å². The lowest BCUT2D eigenvalue weighted by atomic mass is 10.1. The van der Waals surface area contributed by atoms with Crippen LogP contribution in [-0.2, 0) is 9.36 Å². The highest BCUT2D eigenvalue weighted by atomic mass is 35.5. The van der Waals surface area contributed by atoms with Crippen LogP contribution in [0.15, 0.2) is 54.0 Å². The van der Waals surface area contributed by atoms with Crippen LogP contribution >= 0.6 is 42.1 Å². The van der Waals surface area contributed by atoms with Crippen LogP contribution in [0.3, 0.4) is 0 Å². The summed E-state index contributed by atoms with van der Waals surface area (Å²) in [6.45, 7) is 0. The molecular weight excluding hydrogens is 428 g/mol. The number of carbonyl (C=O) groups is 1. The second kappa shape index (κ2) is 8.15. The first-order valence-corrected chi connectivity index (χ1v) is 11.0. The Bertz CT molecular complexity index is 1080. The fraction of sp³-hybridized carbons (Fsp3) is 0.0556. The first-order valence-electron chi connectivity index (χ1n) is 7.70. The topological polar surface area (TPSA) is 86.6 Å². The normalized spacial score (nSPS) is 13.2. The Labute approximate surface area is 169 Å². The molecule has 3 aromatic rings. The summed E-state index contributed by atoms with van der Waals surface area (Å²) in [5, 5.41) is 5.47. The minimum atomic E-state index is -4.77. The van der Waals surface area contributed by atoms with Gasteiger partial charge in [-0.1, -0.05) is 41.4 Å². The van der Waals surface area contributed by atoms with Gasteiger partial charge in [0.25, 0.3) is 0 Å². The summed E-state index contributed by atoms with van der Waals surface area (Å²) in [6.07, 6.45) is 2.87. The standard InChI is InChI=1S/C18H14Cl2NO4PS/c19-12-5-6-16-13(9-12)14(10-27-16)17(26(23,24)25)18(22)21-8-7-11-3-1-2-4-15(11)20/h1-10,17H,(H,21,22)(H2,23,24,25)/b8-7+. The van der Waals surface area contributed by atoms with Crippen molar-refractivity contribution >= 4 is 64.2 Å². The van der Waals surface area contributed by atoms with Crippen molar-refractivity contribution in [1.82, 2.24) is 5.32 Å². The highest BCUT2D eigenvalue weighted by Gasteiger charge is 2.38. The third-order valence-electron chi connectivity index (χ3n) is 3.84. The van der Waals surface area contributed by atoms with Crippen LogP contribution in [0.1, 0.15) is 16.8 Å². The number of hydrogen-bond donors (Lipinski definition) is 3. The van der Waals surface area contributed by atoms with Crippen molar-refractivity contribution in [2.24, 2.45) is 0 Å². The third-order valence-corrected chi connectivity index (χ3v) is 6.58. The maximum atomic E-state index is 12.6. The van der Waals surface area contributed by atoms with Gasteiger partial charge >= 0.3 is 7.60 Å². The van der Waals surface area contributed by atoms with Crippen LogP contribution in [0.5, 0.6) is 0 Å². The van der Waals surface area contributed by atoms with E-state index < -0.39 is 19.2 Å². The van der Waals surface area contributed by atoms with E-state index in [1.54, 1.807) is 53.9 Å². The molecule has 0 radical (unpaired) electrons. The van der Waals surface area contributed by atoms with Crippen molar-refractivity contribution in [3.05, 3.63) is 75.2 Å². The molecule has 0 saturated heterocycles. The lowest BCUT2D eigenvalue weighted by Crippen LogP contribution is -2.25. The molecule has 9 heteroatoms. The van der Waals surface area contributed by atoms with E-state index in [9.17, 15) is 19.1 Å². The maximum Gasteiger partial charge on any atom is 0.342 e. The summed E-state index contributed by atoms with van der Waals surface area (Å²) >= 11 is 13.3. The minimum Gasteiger partial charge on any atom is -0.332 e. The summed E-state index contributed by atoms with van der Waals surface area (Å²) < 4.78 is 12.8. The van der Waals surface area contributed by atoms with Crippen LogP contribution < -0.4 is 5.32 Å². The monoisotopic (exact) mass is 441 g/mol. The molecule has 0 aliphatic carbocycles. The van der Waals surface area contributed by atoms with Gasteiger partial charge in [-0.2, -0.15) is 0 Å². The number of benzene rings is 2. The van der Waals surface area contributed by atoms with Gasteiger partial charge in [0.15, 0.2) is 5.66 Å². The number of halogens is 2. The molecule has 0 saturated carbocycles. The van der Waals surface area contributed by atoms with Gasteiger partial charge in [0.2, 0.25) is 5.91 Å². The number of fused-ring (bicyclic) bond motifs is 1. The van der Waals surface area contributed by atoms with Crippen molar-refractivity contribution < 1.29 is 19.1 Å². The van der Waals surface area contributed by atoms with Gasteiger partial charge in [-0.25, -0.2) is 0 Å². The van der Waals surface area contributed by atoms with E-state index in [0.29, 0.717) is 21.0 Å². The molecular formula is C18H14Cl2NO4PS. The summed E-state index contributed by atoms with van der Waals surface area (Å²) in [5.41, 5.74) is -0.727. The number of carbonyl (C=O) groups excluding carboxylic acids is 1. The number of rotatable bonds is 5. The molecule has 5 nitrogen and oxygen atoms in total. The molecule has 0 aliphatic heterocycles. The van der Waals surface area contributed by atoms with E-state index in [0.717, 1.165) is 4.70 Å². The van der Waals surface area contributed by atoms with Crippen molar-refractivity contribution in [3.63, 3.8) is 0 Å². The Balaban J connectivity index is 1.91. The molecule has 2 aromatic carbocycles. The molecule has 3 N–H and O–H groups in total. The van der Waals surface area contributed by atoms with Crippen molar-refractivity contribution in [2.75, 3.05) is 0 Å². The predicted molar refractivity (Wildman–Crippen MR) is 110 cm³/mol. The average molecular weight is 442 g/mol. The smallest absolute Gasteiger partial charge is 0.332 e. The molecule has 1 aromatic heterocycles. The van der Waals surface area contributed by atoms with Gasteiger partial charge in [0, 0.05) is 20.9 Å². The Kier molecular flexibility index (Phi) is 6.06. The summed E-state index contributed by atoms with van der Waals surface area (Å²) in [7, 11) is -4.77. The largest absolute Gasteiger partial charge is 0.342 e. The second-order valence-corrected chi connectivity index (χ2v) is 9.14. The Morgan fingerprint density at radius 2 is 1.93 bits per heavy atom. The minimum absolute atomic E-state index is 0.245. The van der Waals surface area contributed by atoms with E-state index in [4.69, 9.17) is 23.2 Å². The molecule has 3 rings (SSSR count). The highest BCUT2D eigenvalue weighted by Crippen LogP contribution is 2.54. The van der Waals surface area contributed by atoms with Crippen molar-refractivity contribution in [2.45, 2.75) is 5.66 Å². The highest BCUT2D eigenvalue weighted by molar-refractivity contribution is 7.53. The van der Waals surface area contributed by atoms with E-state index in [-0.39, 0.29) is 5.56 Å². The molecule has 1 heterocycles. The molecule has 0 bridgehead atoms. The van der Waals surface area contributed by atoms with E-state index in [1.807, 2.05) is 0 Å². The lowest BCUT2D eigenvalue weighted by Gasteiger charge is -2.16. The van der Waals surface area contributed by atoms with E-state index in [2.05, 4.69) is 5.32 Å². The molecule has 0 spiro atoms. The Morgan fingerprint density at radius 1 is 1.19 bits per heavy atom. The summed E-state index contributed by atoms with van der Waals surface area (Å²) in [5.74, 6) is -0.814. The Morgan fingerprint density at radius 3 is 2.63 bits per heavy atom. The number of hydrogen-bond acceptors (Lipinski definition) is 3. The van der Waals surface area contributed by atoms with Gasteiger partial charge < -0.3 is 15.1 Å². The van der Waals surface area contributed by atoms with Gasteiger partial charge in [-0.3, -0.25) is 9.36 Å². The first kappa shape index (κ1) is 20.1. The van der Waals surface area contributed by atoms with Crippen molar-refractivity contribution in [3.8, 4) is 0 Å². The SMILES string of the molecule is O=C(N/C=C/c1ccccc1Cl)C(c1csc2ccc(Cl)cc12)P(=O)(O)O. The molecule has 27 heavy (non-hydrogen) atoms. The predicted octanol–water partition coefficient (Wildman–Crippen LogP) is 5.21. The first-order chi connectivity index (χ1) is 12.8. The molecule has 0 aliphatic rings. The van der Waals surface area contributed by atoms with Gasteiger partial charge in [0.05, 0.1) is 0 Å². The zero-order valence-electron chi connectivity index (χ0n) is 13.7. The van der Waals surface area contributed by atoms with Crippen LogP contribution in [0.4, 0.5) is 0 Å². The molecule has 140 valence electrons. The zero-order valence-corrected chi connectivity index (χ0v) is 16.9. The van der Waals surface area contributed by atoms with Gasteiger partial charge in [0.1, 0.15) is 0 Å². The van der Waals surface area contributed by atoms with Crippen LogP contribution in [0.2, 0.25) is 10.0 Å². The average Bonchev–Trinajstić information content (AvgIpc) is 2.98. The van der Waals surface area contributed by atoms with Crippen molar-refractivity contribution in [1.29, 1.82) is 0 Å². The zero-order chi connectivity index (χ0) is 19.6. The number of amides is 1. The molecule has 0 fully saturated rings. The quantitative estimate of drug-likeness (QED) is 0.474. The molecule has 1 amide bonds. The third kappa shape index (κ3) is 4.61. The Hall–Kier alpha value is -1.66. The number of nitrogens with one attached hydrogen (secondary N) is 1. The maximum absolute atomic E-state index is 12.6. The molecule has 1 unspecified atom stereocenters. The number of thiophene rings is 1. The van der Waals surface area contributed by atoms with E-state index in [1.165, 1.54) is 17.5 Å². The second-order valence-electron chi connectivity index (χ2n) is 5.69. The summed E-state index contributed by atoms with van der Waals surface area (Å²) in [4.78, 5) is 32.1. The van der Waals surface area contributed by atoms with E-state index >= 15 is 0 Å². The summed E-state index contributed by atoms with van der Waals surface area (Å²) in [6, 6.07) is 12.0. The lowest BCUT2D eigenvalue weighted by molar-refractivity contribution is -0.120. The fourth-order valence-corrected chi connectivity index (χ4v) is 5.01. The molecule has 1 atom stereocenters. The van der Waals surface area contributed by atoms with Crippen LogP contribution in [-0.4, -0.2) is 15.7 Å². The van der Waals surface area contributed by atoms with Gasteiger partial charge in [-0.05, 0) is 52.2 Å². The van der Waals surface area contributed by atoms with Crippen LogP contribution in [0.25, 0.3) is 16.2 Å².